The quantitative estimate of drug-likeness (QED) is 0.844. The van der Waals surface area contributed by atoms with Crippen molar-refractivity contribution in [3.63, 3.8) is 0 Å². The Bertz CT molecular complexity index is 333. The van der Waals surface area contributed by atoms with Crippen LogP contribution in [0.3, 0.4) is 0 Å². The predicted octanol–water partition coefficient (Wildman–Crippen LogP) is 1.85. The standard InChI is InChI=1S/C17H31N3O/c21-17(15-5-3-9-18-10-8-15)20-12-4-11-19(13-14-20)16-6-1-2-7-16/h15-16,18H,1-14H2/t15-/m1/s1. The molecule has 2 aliphatic heterocycles. The summed E-state index contributed by atoms with van der Waals surface area (Å²) in [6.45, 7) is 6.32. The number of nitrogens with zero attached hydrogens (tertiary/aromatic N) is 2. The molecule has 21 heavy (non-hydrogen) atoms. The zero-order valence-corrected chi connectivity index (χ0v) is 13.4. The first kappa shape index (κ1) is 15.3. The third-order valence-electron chi connectivity index (χ3n) is 5.61. The summed E-state index contributed by atoms with van der Waals surface area (Å²) < 4.78 is 0. The van der Waals surface area contributed by atoms with Crippen LogP contribution in [0.25, 0.3) is 0 Å². The van der Waals surface area contributed by atoms with E-state index in [9.17, 15) is 4.79 Å². The number of amides is 1. The van der Waals surface area contributed by atoms with Crippen LogP contribution in [0.2, 0.25) is 0 Å². The molecule has 120 valence electrons. The van der Waals surface area contributed by atoms with Crippen LogP contribution >= 0.6 is 0 Å². The molecule has 2 heterocycles. The Morgan fingerprint density at radius 2 is 1.67 bits per heavy atom. The number of carbonyl (C=O) groups excluding carboxylic acids is 1. The van der Waals surface area contributed by atoms with Gasteiger partial charge in [-0.15, -0.1) is 0 Å². The summed E-state index contributed by atoms with van der Waals surface area (Å²) in [4.78, 5) is 17.6. The van der Waals surface area contributed by atoms with Crippen LogP contribution < -0.4 is 5.32 Å². The van der Waals surface area contributed by atoms with Gasteiger partial charge >= 0.3 is 0 Å². The van der Waals surface area contributed by atoms with E-state index in [1.54, 1.807) is 0 Å². The molecule has 3 aliphatic rings. The molecule has 0 radical (unpaired) electrons. The smallest absolute Gasteiger partial charge is 0.225 e. The van der Waals surface area contributed by atoms with Gasteiger partial charge < -0.3 is 10.2 Å². The van der Waals surface area contributed by atoms with Crippen LogP contribution in [-0.4, -0.2) is 61.0 Å². The molecule has 0 bridgehead atoms. The highest BCUT2D eigenvalue weighted by molar-refractivity contribution is 5.78. The predicted molar refractivity (Wildman–Crippen MR) is 85.2 cm³/mol. The van der Waals surface area contributed by atoms with Crippen molar-refractivity contribution in [2.45, 2.75) is 57.4 Å². The lowest BCUT2D eigenvalue weighted by Crippen LogP contribution is -2.40. The minimum absolute atomic E-state index is 0.276. The van der Waals surface area contributed by atoms with Gasteiger partial charge in [-0.2, -0.15) is 0 Å². The molecule has 1 aliphatic carbocycles. The van der Waals surface area contributed by atoms with Crippen LogP contribution in [-0.2, 0) is 4.79 Å². The molecule has 0 unspecified atom stereocenters. The van der Waals surface area contributed by atoms with Gasteiger partial charge in [-0.25, -0.2) is 0 Å². The van der Waals surface area contributed by atoms with Crippen LogP contribution in [0.5, 0.6) is 0 Å². The zero-order chi connectivity index (χ0) is 14.5. The first-order chi connectivity index (χ1) is 10.3. The van der Waals surface area contributed by atoms with Gasteiger partial charge in [0.05, 0.1) is 0 Å². The minimum atomic E-state index is 0.276. The first-order valence-electron chi connectivity index (χ1n) is 9.08. The number of hydrogen-bond acceptors (Lipinski definition) is 3. The summed E-state index contributed by atoms with van der Waals surface area (Å²) in [7, 11) is 0. The molecule has 0 spiro atoms. The molecule has 0 aromatic rings. The monoisotopic (exact) mass is 293 g/mol. The van der Waals surface area contributed by atoms with E-state index in [0.717, 1.165) is 64.4 Å². The molecule has 1 atom stereocenters. The van der Waals surface area contributed by atoms with E-state index in [1.807, 2.05) is 0 Å². The zero-order valence-electron chi connectivity index (χ0n) is 13.4. The highest BCUT2D eigenvalue weighted by Crippen LogP contribution is 2.25. The van der Waals surface area contributed by atoms with E-state index < -0.39 is 0 Å². The minimum Gasteiger partial charge on any atom is -0.341 e. The van der Waals surface area contributed by atoms with Crippen molar-refractivity contribution in [1.29, 1.82) is 0 Å². The van der Waals surface area contributed by atoms with E-state index in [1.165, 1.54) is 32.2 Å². The van der Waals surface area contributed by atoms with Crippen molar-refractivity contribution in [2.75, 3.05) is 39.3 Å². The van der Waals surface area contributed by atoms with Gasteiger partial charge in [-0.1, -0.05) is 12.8 Å². The number of rotatable bonds is 2. The second-order valence-electron chi connectivity index (χ2n) is 7.03. The molecule has 4 nitrogen and oxygen atoms in total. The maximum atomic E-state index is 12.8. The fourth-order valence-corrected chi connectivity index (χ4v) is 4.32. The number of hydrogen-bond donors (Lipinski definition) is 1. The third kappa shape index (κ3) is 3.98. The number of nitrogens with one attached hydrogen (secondary N) is 1. The molecule has 1 N–H and O–H groups in total. The van der Waals surface area contributed by atoms with Crippen LogP contribution in [0.15, 0.2) is 0 Å². The summed E-state index contributed by atoms with van der Waals surface area (Å²) in [6, 6.07) is 0.808. The summed E-state index contributed by atoms with van der Waals surface area (Å²) >= 11 is 0. The Kier molecular flexibility index (Phi) is 5.53. The maximum Gasteiger partial charge on any atom is 0.225 e. The molecule has 2 saturated heterocycles. The van der Waals surface area contributed by atoms with Gasteiger partial charge in [0.15, 0.2) is 0 Å². The van der Waals surface area contributed by atoms with Gasteiger partial charge in [0.2, 0.25) is 5.91 Å². The largest absolute Gasteiger partial charge is 0.341 e. The fraction of sp³-hybridized carbons (Fsp3) is 0.941. The van der Waals surface area contributed by atoms with Crippen LogP contribution in [0, 0.1) is 5.92 Å². The van der Waals surface area contributed by atoms with Gasteiger partial charge in [0, 0.05) is 38.1 Å². The first-order valence-corrected chi connectivity index (χ1v) is 9.08. The Hall–Kier alpha value is -0.610. The average Bonchev–Trinajstić information content (AvgIpc) is 2.78. The fourth-order valence-electron chi connectivity index (χ4n) is 4.32. The summed E-state index contributed by atoms with van der Waals surface area (Å²) in [6.07, 6.45) is 9.98. The van der Waals surface area contributed by atoms with E-state index in [4.69, 9.17) is 0 Å². The molecule has 3 fully saturated rings. The summed E-state index contributed by atoms with van der Waals surface area (Å²) in [5, 5.41) is 3.41. The van der Waals surface area contributed by atoms with Crippen molar-refractivity contribution in [1.82, 2.24) is 15.1 Å². The van der Waals surface area contributed by atoms with E-state index in [0.29, 0.717) is 5.91 Å². The summed E-state index contributed by atoms with van der Waals surface area (Å²) in [5.41, 5.74) is 0. The number of carbonyl (C=O) groups is 1. The molecule has 0 aromatic carbocycles. The van der Waals surface area contributed by atoms with Crippen molar-refractivity contribution in [3.05, 3.63) is 0 Å². The second kappa shape index (κ2) is 7.59. The highest BCUT2D eigenvalue weighted by Gasteiger charge is 2.29. The Balaban J connectivity index is 1.52. The second-order valence-corrected chi connectivity index (χ2v) is 7.03. The lowest BCUT2D eigenvalue weighted by molar-refractivity contribution is -0.135. The SMILES string of the molecule is O=C([C@@H]1CCCNCC1)N1CCCN(C2CCCC2)CC1. The molecular formula is C17H31N3O. The van der Waals surface area contributed by atoms with Crippen molar-refractivity contribution < 1.29 is 4.79 Å². The molecular weight excluding hydrogens is 262 g/mol. The topological polar surface area (TPSA) is 35.6 Å². The van der Waals surface area contributed by atoms with E-state index in [-0.39, 0.29) is 5.92 Å². The molecule has 3 rings (SSSR count). The van der Waals surface area contributed by atoms with Crippen molar-refractivity contribution in [2.24, 2.45) is 5.92 Å². The van der Waals surface area contributed by atoms with Gasteiger partial charge in [-0.3, -0.25) is 9.69 Å². The van der Waals surface area contributed by atoms with Crippen molar-refractivity contribution >= 4 is 5.91 Å². The molecule has 0 aromatic heterocycles. The Morgan fingerprint density at radius 3 is 2.52 bits per heavy atom. The Morgan fingerprint density at radius 1 is 0.810 bits per heavy atom. The van der Waals surface area contributed by atoms with Gasteiger partial charge in [-0.05, 0) is 51.6 Å². The van der Waals surface area contributed by atoms with Crippen LogP contribution in [0.4, 0.5) is 0 Å². The van der Waals surface area contributed by atoms with Crippen molar-refractivity contribution in [3.8, 4) is 0 Å². The average molecular weight is 293 g/mol. The Labute approximate surface area is 129 Å². The third-order valence-corrected chi connectivity index (χ3v) is 5.61. The summed E-state index contributed by atoms with van der Waals surface area (Å²) in [5.74, 6) is 0.713. The van der Waals surface area contributed by atoms with Gasteiger partial charge in [0.25, 0.3) is 0 Å². The maximum absolute atomic E-state index is 12.8. The molecule has 1 amide bonds. The highest BCUT2D eigenvalue weighted by atomic mass is 16.2. The van der Waals surface area contributed by atoms with E-state index in [2.05, 4.69) is 15.1 Å². The molecule has 4 heteroatoms. The lowest BCUT2D eigenvalue weighted by Gasteiger charge is -2.28. The normalized spacial score (nSPS) is 30.1. The van der Waals surface area contributed by atoms with E-state index >= 15 is 0 Å². The molecule has 1 saturated carbocycles. The van der Waals surface area contributed by atoms with Crippen LogP contribution in [0.1, 0.15) is 51.4 Å². The lowest BCUT2D eigenvalue weighted by atomic mass is 9.99. The van der Waals surface area contributed by atoms with Gasteiger partial charge in [0.1, 0.15) is 0 Å².